The monoisotopic (exact) mass is 370 g/mol. The Morgan fingerprint density at radius 1 is 0.815 bits per heavy atom. The molecular formula is C20H22N2O5. The van der Waals surface area contributed by atoms with Gasteiger partial charge in [0, 0.05) is 6.42 Å². The van der Waals surface area contributed by atoms with Gasteiger partial charge in [0.15, 0.2) is 6.61 Å². The van der Waals surface area contributed by atoms with E-state index < -0.39 is 17.8 Å². The summed E-state index contributed by atoms with van der Waals surface area (Å²) in [6.45, 7) is 1.71. The second kappa shape index (κ2) is 10.6. The van der Waals surface area contributed by atoms with Crippen LogP contribution < -0.4 is 15.6 Å². The molecule has 0 aliphatic rings. The first-order chi connectivity index (χ1) is 13.1. The van der Waals surface area contributed by atoms with Crippen LogP contribution in [0.25, 0.3) is 11.1 Å². The van der Waals surface area contributed by atoms with Crippen molar-refractivity contribution < 1.29 is 23.9 Å². The Kier molecular flexibility index (Phi) is 7.84. The summed E-state index contributed by atoms with van der Waals surface area (Å²) in [5.74, 6) is -0.907. The minimum Gasteiger partial charge on any atom is -0.484 e. The minimum absolute atomic E-state index is 0.0419. The molecule has 0 saturated carbocycles. The van der Waals surface area contributed by atoms with E-state index >= 15 is 0 Å². The lowest BCUT2D eigenvalue weighted by Crippen LogP contribution is -2.43. The number of nitrogens with one attached hydrogen (secondary N) is 2. The summed E-state index contributed by atoms with van der Waals surface area (Å²) in [6, 6.07) is 17.2. The van der Waals surface area contributed by atoms with Gasteiger partial charge < -0.3 is 9.47 Å². The Balaban J connectivity index is 1.69. The zero-order valence-corrected chi connectivity index (χ0v) is 15.1. The third-order valence-corrected chi connectivity index (χ3v) is 3.53. The van der Waals surface area contributed by atoms with Crippen molar-refractivity contribution in [3.63, 3.8) is 0 Å². The molecule has 2 amide bonds. The number of hydrogen-bond acceptors (Lipinski definition) is 5. The Morgan fingerprint density at radius 2 is 1.44 bits per heavy atom. The first kappa shape index (κ1) is 20.0. The maximum absolute atomic E-state index is 11.7. The van der Waals surface area contributed by atoms with Gasteiger partial charge in [-0.05, 0) is 30.2 Å². The largest absolute Gasteiger partial charge is 0.484 e. The molecule has 2 aromatic rings. The van der Waals surface area contributed by atoms with Gasteiger partial charge in [0.2, 0.25) is 5.91 Å². The Morgan fingerprint density at radius 3 is 2.11 bits per heavy atom. The topological polar surface area (TPSA) is 93.7 Å². The summed E-state index contributed by atoms with van der Waals surface area (Å²) in [5.41, 5.74) is 6.58. The highest BCUT2D eigenvalue weighted by Gasteiger charge is 2.09. The first-order valence-corrected chi connectivity index (χ1v) is 8.60. The minimum atomic E-state index is -0.508. The van der Waals surface area contributed by atoms with Gasteiger partial charge >= 0.3 is 5.97 Å². The van der Waals surface area contributed by atoms with Crippen molar-refractivity contribution >= 4 is 17.8 Å². The van der Waals surface area contributed by atoms with Crippen molar-refractivity contribution in [3.05, 3.63) is 54.6 Å². The summed E-state index contributed by atoms with van der Waals surface area (Å²) < 4.78 is 10.1. The van der Waals surface area contributed by atoms with Crippen molar-refractivity contribution in [2.45, 2.75) is 19.8 Å². The predicted octanol–water partition coefficient (Wildman–Crippen LogP) is 2.22. The van der Waals surface area contributed by atoms with Crippen LogP contribution in [0.1, 0.15) is 19.8 Å². The van der Waals surface area contributed by atoms with Crippen LogP contribution in [-0.4, -0.2) is 31.0 Å². The van der Waals surface area contributed by atoms with E-state index in [1.165, 1.54) is 0 Å². The number of ether oxygens (including phenoxy) is 2. The molecule has 0 fully saturated rings. The fourth-order valence-corrected chi connectivity index (χ4v) is 2.21. The molecule has 2 aromatic carbocycles. The van der Waals surface area contributed by atoms with E-state index in [0.717, 1.165) is 11.1 Å². The fraction of sp³-hybridized carbons (Fsp3) is 0.250. The highest BCUT2D eigenvalue weighted by molar-refractivity contribution is 5.84. The molecule has 0 heterocycles. The third kappa shape index (κ3) is 7.19. The molecule has 2 N–H and O–H groups in total. The smallest absolute Gasteiger partial charge is 0.306 e. The average molecular weight is 370 g/mol. The molecule has 142 valence electrons. The molecule has 7 nitrogen and oxygen atoms in total. The van der Waals surface area contributed by atoms with Gasteiger partial charge in [0.25, 0.3) is 5.91 Å². The summed E-state index contributed by atoms with van der Waals surface area (Å²) >= 11 is 0. The molecule has 2 rings (SSSR count). The van der Waals surface area contributed by atoms with Gasteiger partial charge in [-0.15, -0.1) is 0 Å². The van der Waals surface area contributed by atoms with Gasteiger partial charge in [-0.3, -0.25) is 25.2 Å². The van der Waals surface area contributed by atoms with Crippen molar-refractivity contribution in [3.8, 4) is 16.9 Å². The number of benzene rings is 2. The number of hydrazine groups is 1. The number of esters is 1. The number of amides is 2. The lowest BCUT2D eigenvalue weighted by Gasteiger charge is -2.09. The van der Waals surface area contributed by atoms with Crippen LogP contribution in [0.5, 0.6) is 5.75 Å². The maximum atomic E-state index is 11.7. The highest BCUT2D eigenvalue weighted by atomic mass is 16.5. The van der Waals surface area contributed by atoms with Gasteiger partial charge in [-0.25, -0.2) is 0 Å². The van der Waals surface area contributed by atoms with Gasteiger partial charge in [-0.1, -0.05) is 42.5 Å². The molecule has 0 aliphatic carbocycles. The van der Waals surface area contributed by atoms with Crippen LogP contribution in [0.3, 0.4) is 0 Å². The average Bonchev–Trinajstić information content (AvgIpc) is 2.70. The van der Waals surface area contributed by atoms with E-state index in [9.17, 15) is 14.4 Å². The maximum Gasteiger partial charge on any atom is 0.306 e. The molecule has 0 radical (unpaired) electrons. The van der Waals surface area contributed by atoms with Crippen LogP contribution in [0.4, 0.5) is 0 Å². The quantitative estimate of drug-likeness (QED) is 0.549. The van der Waals surface area contributed by atoms with Crippen LogP contribution in [0, 0.1) is 0 Å². The molecule has 0 aliphatic heterocycles. The van der Waals surface area contributed by atoms with Crippen LogP contribution in [-0.2, 0) is 19.1 Å². The lowest BCUT2D eigenvalue weighted by atomic mass is 10.1. The molecule has 7 heteroatoms. The van der Waals surface area contributed by atoms with Crippen molar-refractivity contribution in [2.75, 3.05) is 13.2 Å². The molecule has 0 aromatic heterocycles. The summed E-state index contributed by atoms with van der Waals surface area (Å²) in [5, 5.41) is 0. The predicted molar refractivity (Wildman–Crippen MR) is 99.5 cm³/mol. The SMILES string of the molecule is CCOC(=O)CCC(=O)NNC(=O)COc1ccc(-c2ccccc2)cc1. The molecule has 27 heavy (non-hydrogen) atoms. The molecule has 0 atom stereocenters. The lowest BCUT2D eigenvalue weighted by molar-refractivity contribution is -0.144. The summed E-state index contributed by atoms with van der Waals surface area (Å²) in [4.78, 5) is 34.4. The van der Waals surface area contributed by atoms with E-state index in [2.05, 4.69) is 10.9 Å². The molecule has 0 saturated heterocycles. The van der Waals surface area contributed by atoms with E-state index in [-0.39, 0.29) is 26.1 Å². The molecule has 0 spiro atoms. The van der Waals surface area contributed by atoms with E-state index in [0.29, 0.717) is 5.75 Å². The standard InChI is InChI=1S/C20H22N2O5/c1-2-26-20(25)13-12-18(23)21-22-19(24)14-27-17-10-8-16(9-11-17)15-6-4-3-5-7-15/h3-11H,2,12-14H2,1H3,(H,21,23)(H,22,24). The molecule has 0 bridgehead atoms. The molecular weight excluding hydrogens is 348 g/mol. The number of rotatable bonds is 8. The van der Waals surface area contributed by atoms with Gasteiger partial charge in [0.1, 0.15) is 5.75 Å². The van der Waals surface area contributed by atoms with Gasteiger partial charge in [-0.2, -0.15) is 0 Å². The number of hydrogen-bond donors (Lipinski definition) is 2. The van der Waals surface area contributed by atoms with E-state index in [4.69, 9.17) is 9.47 Å². The third-order valence-electron chi connectivity index (χ3n) is 3.53. The number of carbonyl (C=O) groups is 3. The van der Waals surface area contributed by atoms with Crippen molar-refractivity contribution in [1.82, 2.24) is 10.9 Å². The van der Waals surface area contributed by atoms with Crippen molar-refractivity contribution in [1.29, 1.82) is 0 Å². The van der Waals surface area contributed by atoms with Crippen molar-refractivity contribution in [2.24, 2.45) is 0 Å². The normalized spacial score (nSPS) is 9.96. The Bertz CT molecular complexity index is 760. The number of carbonyl (C=O) groups excluding carboxylic acids is 3. The zero-order chi connectivity index (χ0) is 19.5. The first-order valence-electron chi connectivity index (χ1n) is 8.60. The highest BCUT2D eigenvalue weighted by Crippen LogP contribution is 2.21. The zero-order valence-electron chi connectivity index (χ0n) is 15.1. The van der Waals surface area contributed by atoms with E-state index in [1.807, 2.05) is 42.5 Å². The van der Waals surface area contributed by atoms with Gasteiger partial charge in [0.05, 0.1) is 13.0 Å². The van der Waals surface area contributed by atoms with E-state index in [1.54, 1.807) is 19.1 Å². The Hall–Kier alpha value is -3.35. The Labute approximate surface area is 157 Å². The summed E-state index contributed by atoms with van der Waals surface area (Å²) in [6.07, 6.45) is -0.110. The second-order valence-electron chi connectivity index (χ2n) is 5.58. The van der Waals surface area contributed by atoms with Crippen LogP contribution >= 0.6 is 0 Å². The fourth-order valence-electron chi connectivity index (χ4n) is 2.21. The second-order valence-corrected chi connectivity index (χ2v) is 5.58. The molecule has 0 unspecified atom stereocenters. The summed E-state index contributed by atoms with van der Waals surface area (Å²) in [7, 11) is 0. The van der Waals surface area contributed by atoms with Crippen LogP contribution in [0.15, 0.2) is 54.6 Å². The van der Waals surface area contributed by atoms with Crippen LogP contribution in [0.2, 0.25) is 0 Å².